The average molecular weight is 307 g/mol. The Morgan fingerprint density at radius 1 is 1.38 bits per heavy atom. The van der Waals surface area contributed by atoms with Gasteiger partial charge in [0.1, 0.15) is 4.90 Å². The topological polar surface area (TPSA) is 76.3 Å². The zero-order chi connectivity index (χ0) is 15.5. The number of nitrogens with zero attached hydrogens (tertiary/aromatic N) is 2. The van der Waals surface area contributed by atoms with Gasteiger partial charge in [-0.15, -0.1) is 0 Å². The van der Waals surface area contributed by atoms with Crippen LogP contribution in [0.2, 0.25) is 0 Å². The lowest BCUT2D eigenvalue weighted by molar-refractivity contribution is 0.218. The Kier molecular flexibility index (Phi) is 4.99. The molecular formula is C15H21N3O2S. The molecule has 0 spiro atoms. The molecule has 21 heavy (non-hydrogen) atoms. The van der Waals surface area contributed by atoms with Crippen molar-refractivity contribution in [2.45, 2.75) is 37.6 Å². The van der Waals surface area contributed by atoms with Crippen LogP contribution in [0.3, 0.4) is 0 Å². The Bertz CT molecular complexity index is 661. The molecule has 1 aromatic rings. The maximum Gasteiger partial charge on any atom is 0.244 e. The fourth-order valence-electron chi connectivity index (χ4n) is 2.50. The Balaban J connectivity index is 2.34. The molecule has 1 aliphatic heterocycles. The summed E-state index contributed by atoms with van der Waals surface area (Å²) in [6.07, 6.45) is 4.88. The lowest BCUT2D eigenvalue weighted by atomic mass is 9.97. The van der Waals surface area contributed by atoms with E-state index in [0.29, 0.717) is 18.0 Å². The molecule has 2 unspecified atom stereocenters. The van der Waals surface area contributed by atoms with Crippen LogP contribution in [0, 0.1) is 17.8 Å². The zero-order valence-electron chi connectivity index (χ0n) is 12.4. The van der Waals surface area contributed by atoms with Gasteiger partial charge < -0.3 is 5.73 Å². The molecule has 0 saturated carbocycles. The normalized spacial score (nSPS) is 23.4. The van der Waals surface area contributed by atoms with Crippen molar-refractivity contribution in [3.05, 3.63) is 24.0 Å². The first-order valence-corrected chi connectivity index (χ1v) is 8.55. The maximum atomic E-state index is 12.8. The number of rotatable bonds is 2. The van der Waals surface area contributed by atoms with Crippen LogP contribution in [0.15, 0.2) is 23.4 Å². The molecule has 2 heterocycles. The third kappa shape index (κ3) is 3.62. The second-order valence-corrected chi connectivity index (χ2v) is 7.41. The van der Waals surface area contributed by atoms with Crippen molar-refractivity contribution in [2.75, 3.05) is 13.1 Å². The summed E-state index contributed by atoms with van der Waals surface area (Å²) in [6.45, 7) is 4.82. The van der Waals surface area contributed by atoms with Gasteiger partial charge in [0.2, 0.25) is 10.0 Å². The van der Waals surface area contributed by atoms with Gasteiger partial charge in [-0.25, -0.2) is 8.42 Å². The second-order valence-electron chi connectivity index (χ2n) is 5.52. The van der Waals surface area contributed by atoms with E-state index >= 15 is 0 Å². The van der Waals surface area contributed by atoms with E-state index in [-0.39, 0.29) is 17.5 Å². The quantitative estimate of drug-likeness (QED) is 0.833. The van der Waals surface area contributed by atoms with Gasteiger partial charge in [0.15, 0.2) is 0 Å². The van der Waals surface area contributed by atoms with Crippen LogP contribution in [0.4, 0.5) is 0 Å². The molecule has 1 fully saturated rings. The van der Waals surface area contributed by atoms with Gasteiger partial charge in [-0.3, -0.25) is 4.98 Å². The first-order valence-electron chi connectivity index (χ1n) is 7.11. The molecular weight excluding hydrogens is 286 g/mol. The lowest BCUT2D eigenvalue weighted by Gasteiger charge is -2.35. The fraction of sp³-hybridized carbons (Fsp3) is 0.533. The van der Waals surface area contributed by atoms with E-state index in [1.165, 1.54) is 6.20 Å². The van der Waals surface area contributed by atoms with E-state index in [4.69, 9.17) is 5.73 Å². The molecule has 2 N–H and O–H groups in total. The first kappa shape index (κ1) is 16.0. The Morgan fingerprint density at radius 3 is 2.86 bits per heavy atom. The van der Waals surface area contributed by atoms with Crippen LogP contribution in [0.25, 0.3) is 0 Å². The van der Waals surface area contributed by atoms with Gasteiger partial charge >= 0.3 is 0 Å². The number of aromatic nitrogens is 1. The SMILES string of the molecule is CC1CCC(C)N(S(=O)(=O)c2cncc(C#CCN)c2)C1. The van der Waals surface area contributed by atoms with E-state index in [2.05, 4.69) is 23.7 Å². The molecule has 5 nitrogen and oxygen atoms in total. The molecule has 0 radical (unpaired) electrons. The summed E-state index contributed by atoms with van der Waals surface area (Å²) in [5.41, 5.74) is 5.90. The monoisotopic (exact) mass is 307 g/mol. The summed E-state index contributed by atoms with van der Waals surface area (Å²) < 4.78 is 27.1. The minimum atomic E-state index is -3.52. The smallest absolute Gasteiger partial charge is 0.244 e. The molecule has 0 aromatic carbocycles. The van der Waals surface area contributed by atoms with Crippen molar-refractivity contribution in [2.24, 2.45) is 11.7 Å². The van der Waals surface area contributed by atoms with Crippen molar-refractivity contribution in [1.82, 2.24) is 9.29 Å². The van der Waals surface area contributed by atoms with Gasteiger partial charge in [0.05, 0.1) is 6.54 Å². The molecule has 0 amide bonds. The Hall–Kier alpha value is -1.42. The van der Waals surface area contributed by atoms with Crippen LogP contribution >= 0.6 is 0 Å². The highest BCUT2D eigenvalue weighted by atomic mass is 32.2. The molecule has 2 rings (SSSR count). The minimum Gasteiger partial charge on any atom is -0.320 e. The van der Waals surface area contributed by atoms with Gasteiger partial charge in [-0.2, -0.15) is 4.31 Å². The fourth-order valence-corrected chi connectivity index (χ4v) is 4.27. The molecule has 2 atom stereocenters. The van der Waals surface area contributed by atoms with Gasteiger partial charge in [0, 0.05) is 30.5 Å². The highest BCUT2D eigenvalue weighted by molar-refractivity contribution is 7.89. The minimum absolute atomic E-state index is 0.0185. The number of nitrogens with two attached hydrogens (primary N) is 1. The molecule has 1 saturated heterocycles. The Morgan fingerprint density at radius 2 is 2.14 bits per heavy atom. The van der Waals surface area contributed by atoms with E-state index in [9.17, 15) is 8.42 Å². The highest BCUT2D eigenvalue weighted by Gasteiger charge is 2.33. The first-order chi connectivity index (χ1) is 9.95. The predicted octanol–water partition coefficient (Wildman–Crippen LogP) is 1.20. The zero-order valence-corrected chi connectivity index (χ0v) is 13.2. The maximum absolute atomic E-state index is 12.8. The number of hydrogen-bond donors (Lipinski definition) is 1. The second kappa shape index (κ2) is 6.56. The van der Waals surface area contributed by atoms with E-state index in [1.807, 2.05) is 6.92 Å². The van der Waals surface area contributed by atoms with Crippen molar-refractivity contribution in [1.29, 1.82) is 0 Å². The average Bonchev–Trinajstić information content (AvgIpc) is 2.48. The largest absolute Gasteiger partial charge is 0.320 e. The molecule has 1 aromatic heterocycles. The summed E-state index contributed by atoms with van der Waals surface area (Å²) in [5.74, 6) is 5.91. The number of piperidine rings is 1. The number of sulfonamides is 1. The Labute approximate surface area is 126 Å². The summed E-state index contributed by atoms with van der Waals surface area (Å²) in [5, 5.41) is 0. The molecule has 0 bridgehead atoms. The van der Waals surface area contributed by atoms with Crippen LogP contribution in [0.5, 0.6) is 0 Å². The third-order valence-corrected chi connectivity index (χ3v) is 5.66. The molecule has 0 aliphatic carbocycles. The van der Waals surface area contributed by atoms with Crippen molar-refractivity contribution in [3.63, 3.8) is 0 Å². The summed E-state index contributed by atoms with van der Waals surface area (Å²) >= 11 is 0. The highest BCUT2D eigenvalue weighted by Crippen LogP contribution is 2.27. The molecule has 6 heteroatoms. The van der Waals surface area contributed by atoms with Crippen molar-refractivity contribution in [3.8, 4) is 11.8 Å². The summed E-state index contributed by atoms with van der Waals surface area (Å²) in [6, 6.07) is 1.58. The van der Waals surface area contributed by atoms with Crippen LogP contribution in [-0.2, 0) is 10.0 Å². The lowest BCUT2D eigenvalue weighted by Crippen LogP contribution is -2.44. The number of pyridine rings is 1. The van der Waals surface area contributed by atoms with Gasteiger partial charge in [0.25, 0.3) is 0 Å². The summed E-state index contributed by atoms with van der Waals surface area (Å²) in [4.78, 5) is 4.19. The van der Waals surface area contributed by atoms with E-state index in [1.54, 1.807) is 16.6 Å². The third-order valence-electron chi connectivity index (χ3n) is 3.72. The van der Waals surface area contributed by atoms with Crippen molar-refractivity contribution < 1.29 is 8.42 Å². The van der Waals surface area contributed by atoms with Crippen LogP contribution in [-0.4, -0.2) is 36.8 Å². The van der Waals surface area contributed by atoms with E-state index in [0.717, 1.165) is 12.8 Å². The molecule has 114 valence electrons. The standard InChI is InChI=1S/C15H21N3O2S/c1-12-5-6-13(2)18(11-12)21(19,20)15-8-14(4-3-7-16)9-17-10-15/h8-10,12-13H,5-7,11,16H2,1-2H3. The molecule has 1 aliphatic rings. The van der Waals surface area contributed by atoms with Crippen LogP contribution in [0.1, 0.15) is 32.3 Å². The summed E-state index contributed by atoms with van der Waals surface area (Å²) in [7, 11) is -3.52. The van der Waals surface area contributed by atoms with Crippen molar-refractivity contribution >= 4 is 10.0 Å². The van der Waals surface area contributed by atoms with Gasteiger partial charge in [-0.1, -0.05) is 18.8 Å². The van der Waals surface area contributed by atoms with E-state index < -0.39 is 10.0 Å². The van der Waals surface area contributed by atoms with Gasteiger partial charge in [-0.05, 0) is 31.7 Å². The predicted molar refractivity (Wildman–Crippen MR) is 81.9 cm³/mol. The number of hydrogen-bond acceptors (Lipinski definition) is 4. The van der Waals surface area contributed by atoms with Crippen LogP contribution < -0.4 is 5.73 Å².